The molecule has 1 saturated heterocycles. The number of nitrogens with one attached hydrogen (secondary N) is 1. The van der Waals surface area contributed by atoms with Crippen LogP contribution in [-0.4, -0.2) is 34.8 Å². The van der Waals surface area contributed by atoms with E-state index in [2.05, 4.69) is 10.3 Å². The Kier molecular flexibility index (Phi) is 5.31. The molecule has 0 radical (unpaired) electrons. The zero-order chi connectivity index (χ0) is 18.6. The van der Waals surface area contributed by atoms with Crippen LogP contribution in [-0.2, 0) is 0 Å². The molecule has 1 aliphatic heterocycles. The Hall–Kier alpha value is -2.51. The van der Waals surface area contributed by atoms with E-state index in [0.29, 0.717) is 16.9 Å². The fourth-order valence-electron chi connectivity index (χ4n) is 3.13. The van der Waals surface area contributed by atoms with E-state index in [9.17, 15) is 9.59 Å². The lowest BCUT2D eigenvalue weighted by Crippen LogP contribution is -2.36. The van der Waals surface area contributed by atoms with Gasteiger partial charge in [-0.25, -0.2) is 4.98 Å². The zero-order valence-electron chi connectivity index (χ0n) is 14.7. The molecule has 0 saturated carbocycles. The molecule has 1 N–H and O–H groups in total. The molecule has 0 spiro atoms. The number of aromatic nitrogens is 1. The molecule has 27 heavy (non-hydrogen) atoms. The van der Waals surface area contributed by atoms with Crippen LogP contribution in [0.5, 0.6) is 0 Å². The van der Waals surface area contributed by atoms with Crippen LogP contribution in [0.1, 0.15) is 40.1 Å². The highest BCUT2D eigenvalue weighted by atomic mass is 32.1. The first kappa shape index (κ1) is 17.9. The summed E-state index contributed by atoms with van der Waals surface area (Å²) in [5.74, 6) is -0.325. The average Bonchev–Trinajstić information content (AvgIpc) is 3.40. The van der Waals surface area contributed by atoms with E-state index in [-0.39, 0.29) is 11.8 Å². The van der Waals surface area contributed by atoms with Gasteiger partial charge in [0, 0.05) is 29.4 Å². The summed E-state index contributed by atoms with van der Waals surface area (Å²) < 4.78 is 0. The SMILES string of the molecule is O=C(Nc1ccccc1C(=O)N1CCCCC1)c1csc(-c2ccsc2)n1. The third-order valence-corrected chi connectivity index (χ3v) is 6.13. The molecule has 1 fully saturated rings. The van der Waals surface area contributed by atoms with Gasteiger partial charge in [0.2, 0.25) is 0 Å². The number of likely N-dealkylation sites (tertiary alicyclic amines) is 1. The van der Waals surface area contributed by atoms with Crippen molar-refractivity contribution in [3.05, 3.63) is 57.7 Å². The molecule has 3 heterocycles. The second-order valence-corrected chi connectivity index (χ2v) is 8.04. The molecule has 0 bridgehead atoms. The van der Waals surface area contributed by atoms with Gasteiger partial charge in [0.1, 0.15) is 10.7 Å². The monoisotopic (exact) mass is 397 g/mol. The average molecular weight is 398 g/mol. The molecule has 5 nitrogen and oxygen atoms in total. The maximum absolute atomic E-state index is 12.9. The third kappa shape index (κ3) is 3.94. The van der Waals surface area contributed by atoms with E-state index in [4.69, 9.17) is 0 Å². The van der Waals surface area contributed by atoms with Crippen LogP contribution in [0.3, 0.4) is 0 Å². The van der Waals surface area contributed by atoms with Gasteiger partial charge >= 0.3 is 0 Å². The summed E-state index contributed by atoms with van der Waals surface area (Å²) in [4.78, 5) is 31.8. The molecule has 1 aromatic carbocycles. The van der Waals surface area contributed by atoms with E-state index in [1.165, 1.54) is 17.8 Å². The van der Waals surface area contributed by atoms with Crippen LogP contribution < -0.4 is 5.32 Å². The Morgan fingerprint density at radius 2 is 1.85 bits per heavy atom. The first-order valence-corrected chi connectivity index (χ1v) is 10.7. The van der Waals surface area contributed by atoms with Gasteiger partial charge in [-0.05, 0) is 42.8 Å². The predicted molar refractivity (Wildman–Crippen MR) is 110 cm³/mol. The van der Waals surface area contributed by atoms with Gasteiger partial charge in [-0.2, -0.15) is 11.3 Å². The van der Waals surface area contributed by atoms with E-state index in [0.717, 1.165) is 36.5 Å². The molecule has 0 aliphatic carbocycles. The van der Waals surface area contributed by atoms with Crippen molar-refractivity contribution in [1.29, 1.82) is 0 Å². The first-order chi connectivity index (χ1) is 13.2. The van der Waals surface area contributed by atoms with Crippen molar-refractivity contribution < 1.29 is 9.59 Å². The van der Waals surface area contributed by atoms with Crippen molar-refractivity contribution >= 4 is 40.2 Å². The quantitative estimate of drug-likeness (QED) is 0.691. The molecular weight excluding hydrogens is 378 g/mol. The fraction of sp³-hybridized carbons (Fsp3) is 0.250. The highest BCUT2D eigenvalue weighted by Crippen LogP contribution is 2.26. The van der Waals surface area contributed by atoms with Gasteiger partial charge in [-0.3, -0.25) is 9.59 Å². The summed E-state index contributed by atoms with van der Waals surface area (Å²) in [5.41, 5.74) is 2.44. The van der Waals surface area contributed by atoms with E-state index in [1.807, 2.05) is 33.9 Å². The molecule has 4 rings (SSSR count). The van der Waals surface area contributed by atoms with Crippen LogP contribution >= 0.6 is 22.7 Å². The first-order valence-electron chi connectivity index (χ1n) is 8.90. The summed E-state index contributed by atoms with van der Waals surface area (Å²) in [6.45, 7) is 1.55. The smallest absolute Gasteiger partial charge is 0.275 e. The lowest BCUT2D eigenvalue weighted by Gasteiger charge is -2.27. The van der Waals surface area contributed by atoms with Crippen molar-refractivity contribution in [3.63, 3.8) is 0 Å². The number of anilines is 1. The standard InChI is InChI=1S/C20H19N3O2S2/c24-18(17-13-27-19(22-17)14-8-11-26-12-14)21-16-7-3-2-6-15(16)20(25)23-9-4-1-5-10-23/h2-3,6-8,11-13H,1,4-5,9-10H2,(H,21,24). The maximum atomic E-state index is 12.9. The molecular formula is C20H19N3O2S2. The van der Waals surface area contributed by atoms with Crippen LogP contribution in [0.2, 0.25) is 0 Å². The molecule has 2 aromatic heterocycles. The number of amides is 2. The summed E-state index contributed by atoms with van der Waals surface area (Å²) >= 11 is 3.04. The second kappa shape index (κ2) is 8.02. The van der Waals surface area contributed by atoms with Gasteiger partial charge in [-0.1, -0.05) is 12.1 Å². The van der Waals surface area contributed by atoms with Crippen molar-refractivity contribution in [2.75, 3.05) is 18.4 Å². The number of carbonyl (C=O) groups is 2. The van der Waals surface area contributed by atoms with Crippen molar-refractivity contribution in [2.45, 2.75) is 19.3 Å². The minimum atomic E-state index is -0.299. The van der Waals surface area contributed by atoms with Gasteiger partial charge in [-0.15, -0.1) is 11.3 Å². The molecule has 1 aliphatic rings. The maximum Gasteiger partial charge on any atom is 0.275 e. The largest absolute Gasteiger partial charge is 0.339 e. The normalized spacial score (nSPS) is 14.1. The van der Waals surface area contributed by atoms with Crippen molar-refractivity contribution in [1.82, 2.24) is 9.88 Å². The summed E-state index contributed by atoms with van der Waals surface area (Å²) in [7, 11) is 0. The highest BCUT2D eigenvalue weighted by molar-refractivity contribution is 7.14. The Morgan fingerprint density at radius 3 is 2.63 bits per heavy atom. The van der Waals surface area contributed by atoms with Crippen LogP contribution in [0.15, 0.2) is 46.5 Å². The van der Waals surface area contributed by atoms with Gasteiger partial charge in [0.25, 0.3) is 11.8 Å². The molecule has 2 amide bonds. The number of benzene rings is 1. The van der Waals surface area contributed by atoms with Gasteiger partial charge < -0.3 is 10.2 Å². The van der Waals surface area contributed by atoms with E-state index >= 15 is 0 Å². The summed E-state index contributed by atoms with van der Waals surface area (Å²) in [5, 5.41) is 9.42. The molecule has 0 unspecified atom stereocenters. The summed E-state index contributed by atoms with van der Waals surface area (Å²) in [6.07, 6.45) is 3.23. The number of para-hydroxylation sites is 1. The number of hydrogen-bond acceptors (Lipinski definition) is 5. The fourth-order valence-corrected chi connectivity index (χ4v) is 4.64. The number of hydrogen-bond donors (Lipinski definition) is 1. The Bertz CT molecular complexity index is 944. The van der Waals surface area contributed by atoms with Crippen molar-refractivity contribution in [2.24, 2.45) is 0 Å². The Balaban J connectivity index is 1.52. The van der Waals surface area contributed by atoms with E-state index < -0.39 is 0 Å². The third-order valence-electron chi connectivity index (χ3n) is 4.55. The number of rotatable bonds is 4. The topological polar surface area (TPSA) is 62.3 Å². The van der Waals surface area contributed by atoms with Crippen LogP contribution in [0.4, 0.5) is 5.69 Å². The van der Waals surface area contributed by atoms with Crippen molar-refractivity contribution in [3.8, 4) is 10.6 Å². The molecule has 138 valence electrons. The molecule has 7 heteroatoms. The zero-order valence-corrected chi connectivity index (χ0v) is 16.3. The number of thiophene rings is 1. The summed E-state index contributed by atoms with van der Waals surface area (Å²) in [6, 6.07) is 9.16. The van der Waals surface area contributed by atoms with Crippen LogP contribution in [0.25, 0.3) is 10.6 Å². The van der Waals surface area contributed by atoms with Crippen LogP contribution in [0, 0.1) is 0 Å². The minimum Gasteiger partial charge on any atom is -0.339 e. The van der Waals surface area contributed by atoms with Gasteiger partial charge in [0.05, 0.1) is 11.3 Å². The number of nitrogens with zero attached hydrogens (tertiary/aromatic N) is 2. The Morgan fingerprint density at radius 1 is 1.04 bits per heavy atom. The molecule has 0 atom stereocenters. The number of thiazole rings is 1. The number of piperidine rings is 1. The lowest BCUT2D eigenvalue weighted by atomic mass is 10.1. The highest BCUT2D eigenvalue weighted by Gasteiger charge is 2.22. The van der Waals surface area contributed by atoms with Gasteiger partial charge in [0.15, 0.2) is 0 Å². The number of carbonyl (C=O) groups excluding carboxylic acids is 2. The second-order valence-electron chi connectivity index (χ2n) is 6.40. The van der Waals surface area contributed by atoms with E-state index in [1.54, 1.807) is 28.8 Å². The Labute approximate surface area is 165 Å². The predicted octanol–water partition coefficient (Wildman–Crippen LogP) is 4.75. The minimum absolute atomic E-state index is 0.0251. The lowest BCUT2D eigenvalue weighted by molar-refractivity contribution is 0.0725. The molecule has 3 aromatic rings.